The largest absolute Gasteiger partial charge is 0.496 e. The van der Waals surface area contributed by atoms with Crippen LogP contribution in [0.3, 0.4) is 0 Å². The average Bonchev–Trinajstić information content (AvgIpc) is 3.37. The fourth-order valence-electron chi connectivity index (χ4n) is 2.92. The third-order valence-electron chi connectivity index (χ3n) is 4.60. The van der Waals surface area contributed by atoms with E-state index in [1.165, 1.54) is 31.0 Å². The summed E-state index contributed by atoms with van der Waals surface area (Å²) < 4.78 is 20.2. The number of nitrogens with one attached hydrogen (secondary N) is 1. The van der Waals surface area contributed by atoms with E-state index in [9.17, 15) is 23.6 Å². The summed E-state index contributed by atoms with van der Waals surface area (Å²) >= 11 is 1.15. The predicted octanol–water partition coefficient (Wildman–Crippen LogP) is 2.03. The average molecular weight is 504 g/mol. The number of oxime groups is 1. The molecule has 0 aliphatic heterocycles. The lowest BCUT2D eigenvalue weighted by atomic mass is 10.1. The van der Waals surface area contributed by atoms with Crippen molar-refractivity contribution in [1.82, 2.24) is 14.2 Å². The van der Waals surface area contributed by atoms with Crippen LogP contribution in [-0.4, -0.2) is 44.8 Å². The first-order valence-electron chi connectivity index (χ1n) is 10.3. The molecule has 0 radical (unpaired) electrons. The summed E-state index contributed by atoms with van der Waals surface area (Å²) in [7, 11) is 1.32. The Morgan fingerprint density at radius 1 is 1.26 bits per heavy atom. The zero-order chi connectivity index (χ0) is 25.7. The number of hydrogen-bond acceptors (Lipinski definition) is 9. The van der Waals surface area contributed by atoms with Gasteiger partial charge in [0.05, 0.1) is 36.0 Å². The van der Waals surface area contributed by atoms with E-state index in [2.05, 4.69) is 15.6 Å². The quantitative estimate of drug-likeness (QED) is 0.268. The molecule has 0 bridgehead atoms. The maximum Gasteiger partial charge on any atom is 0.350 e. The van der Waals surface area contributed by atoms with Gasteiger partial charge in [0, 0.05) is 11.6 Å². The highest BCUT2D eigenvalue weighted by atomic mass is 32.1. The first-order chi connectivity index (χ1) is 16.6. The first-order valence-corrected chi connectivity index (χ1v) is 11.2. The van der Waals surface area contributed by atoms with Gasteiger partial charge in [-0.15, -0.1) is 11.3 Å². The molecule has 184 valence electrons. The van der Waals surface area contributed by atoms with Gasteiger partial charge in [-0.1, -0.05) is 5.16 Å². The van der Waals surface area contributed by atoms with Crippen molar-refractivity contribution in [2.24, 2.45) is 5.16 Å². The number of nitrogens with zero attached hydrogens (tertiary/aromatic N) is 4. The molecule has 0 spiro atoms. The van der Waals surface area contributed by atoms with E-state index in [1.54, 1.807) is 13.8 Å². The van der Waals surface area contributed by atoms with Gasteiger partial charge in [-0.25, -0.2) is 14.2 Å². The van der Waals surface area contributed by atoms with E-state index in [4.69, 9.17) is 9.57 Å². The summed E-state index contributed by atoms with van der Waals surface area (Å²) in [4.78, 5) is 60.6. The van der Waals surface area contributed by atoms with Crippen molar-refractivity contribution in [3.63, 3.8) is 0 Å². The van der Waals surface area contributed by atoms with E-state index >= 15 is 0 Å². The molecule has 0 saturated carbocycles. The van der Waals surface area contributed by atoms with Crippen LogP contribution in [0.5, 0.6) is 5.75 Å². The molecule has 0 aliphatic rings. The molecule has 35 heavy (non-hydrogen) atoms. The summed E-state index contributed by atoms with van der Waals surface area (Å²) in [6, 6.07) is 3.39. The van der Waals surface area contributed by atoms with Crippen molar-refractivity contribution in [2.45, 2.75) is 33.4 Å². The van der Waals surface area contributed by atoms with Crippen LogP contribution >= 0.6 is 11.3 Å². The number of carbonyl (C=O) groups excluding carboxylic acids is 2. The van der Waals surface area contributed by atoms with E-state index in [-0.39, 0.29) is 34.4 Å². The topological polar surface area (TPSA) is 134 Å². The standard InChI is InChI=1S/C22H22FN5O6S/c1-12(2)34-26-13(3)16-8-27(9-18(29)15-7-14(23)5-6-19(15)33-4)22(32)28(21(16)31)25-20(30)17-10-35-11-24-17/h5-8,10-12H,9H2,1-4H3,(H,25,30). The van der Waals surface area contributed by atoms with E-state index in [0.717, 1.165) is 34.2 Å². The minimum absolute atomic E-state index is 0.00708. The second kappa shape index (κ2) is 10.9. The zero-order valence-corrected chi connectivity index (χ0v) is 20.1. The summed E-state index contributed by atoms with van der Waals surface area (Å²) in [5.74, 6) is -2.03. The first kappa shape index (κ1) is 25.5. The zero-order valence-electron chi connectivity index (χ0n) is 19.3. The monoisotopic (exact) mass is 503 g/mol. The Hall–Kier alpha value is -4.13. The lowest BCUT2D eigenvalue weighted by Gasteiger charge is -2.14. The van der Waals surface area contributed by atoms with Crippen LogP contribution < -0.4 is 21.4 Å². The Bertz CT molecular complexity index is 1390. The number of benzene rings is 1. The highest BCUT2D eigenvalue weighted by Gasteiger charge is 2.21. The lowest BCUT2D eigenvalue weighted by Crippen LogP contribution is -2.49. The second-order valence-corrected chi connectivity index (χ2v) is 8.23. The second-order valence-electron chi connectivity index (χ2n) is 7.51. The van der Waals surface area contributed by atoms with Crippen LogP contribution in [0, 0.1) is 5.82 Å². The molecular formula is C22H22FN5O6S. The van der Waals surface area contributed by atoms with Crippen molar-refractivity contribution >= 4 is 28.7 Å². The van der Waals surface area contributed by atoms with Gasteiger partial charge in [0.25, 0.3) is 11.5 Å². The highest BCUT2D eigenvalue weighted by molar-refractivity contribution is 7.07. The number of ether oxygens (including phenoxy) is 1. The fraction of sp³-hybridized carbons (Fsp3) is 0.273. The number of methoxy groups -OCH3 is 1. The van der Waals surface area contributed by atoms with Gasteiger partial charge in [-0.05, 0) is 39.0 Å². The van der Waals surface area contributed by atoms with Crippen LogP contribution in [0.4, 0.5) is 4.39 Å². The summed E-state index contributed by atoms with van der Waals surface area (Å²) in [6.07, 6.45) is 0.840. The van der Waals surface area contributed by atoms with Gasteiger partial charge in [-0.3, -0.25) is 24.4 Å². The van der Waals surface area contributed by atoms with Gasteiger partial charge in [0.1, 0.15) is 23.4 Å². The number of halogens is 1. The van der Waals surface area contributed by atoms with Crippen LogP contribution in [0.15, 0.2) is 50.0 Å². The maximum absolute atomic E-state index is 13.8. The highest BCUT2D eigenvalue weighted by Crippen LogP contribution is 2.20. The van der Waals surface area contributed by atoms with Gasteiger partial charge in [0.2, 0.25) is 0 Å². The molecule has 1 amide bonds. The number of rotatable bonds is 9. The summed E-state index contributed by atoms with van der Waals surface area (Å²) in [5.41, 5.74) is 1.61. The molecule has 3 aromatic rings. The number of aromatic nitrogens is 3. The smallest absolute Gasteiger partial charge is 0.350 e. The van der Waals surface area contributed by atoms with Crippen molar-refractivity contribution in [3.8, 4) is 5.75 Å². The molecule has 13 heteroatoms. The van der Waals surface area contributed by atoms with Crippen molar-refractivity contribution in [2.75, 3.05) is 12.5 Å². The molecule has 3 rings (SSSR count). The van der Waals surface area contributed by atoms with Crippen LogP contribution in [0.25, 0.3) is 0 Å². The Kier molecular flexibility index (Phi) is 7.91. The molecule has 0 fully saturated rings. The maximum atomic E-state index is 13.8. The van der Waals surface area contributed by atoms with Crippen molar-refractivity contribution < 1.29 is 23.6 Å². The molecule has 0 saturated heterocycles. The minimum atomic E-state index is -1.01. The third-order valence-corrected chi connectivity index (χ3v) is 5.19. The molecular weight excluding hydrogens is 481 g/mol. The van der Waals surface area contributed by atoms with Crippen molar-refractivity contribution in [1.29, 1.82) is 0 Å². The van der Waals surface area contributed by atoms with Gasteiger partial charge >= 0.3 is 5.69 Å². The number of amides is 1. The number of Topliss-reactive ketones (excluding diaryl/α,β-unsaturated/α-hetero) is 1. The van der Waals surface area contributed by atoms with Gasteiger partial charge in [0.15, 0.2) is 5.78 Å². The lowest BCUT2D eigenvalue weighted by molar-refractivity contribution is 0.0860. The Labute approximate surface area is 202 Å². The summed E-state index contributed by atoms with van der Waals surface area (Å²) in [5, 5.41) is 5.32. The Morgan fingerprint density at radius 3 is 2.63 bits per heavy atom. The molecule has 1 N–H and O–H groups in total. The predicted molar refractivity (Wildman–Crippen MR) is 126 cm³/mol. The van der Waals surface area contributed by atoms with E-state index in [1.807, 2.05) is 0 Å². The third kappa shape index (κ3) is 5.87. The molecule has 1 aromatic carbocycles. The SMILES string of the molecule is COc1ccc(F)cc1C(=O)Cn1cc(C(C)=NOC(C)C)c(=O)n(NC(=O)c2cscn2)c1=O. The number of hydrogen-bond donors (Lipinski definition) is 1. The van der Waals surface area contributed by atoms with E-state index in [0.29, 0.717) is 4.68 Å². The van der Waals surface area contributed by atoms with Crippen LogP contribution in [0.2, 0.25) is 0 Å². The molecule has 0 aliphatic carbocycles. The molecule has 2 heterocycles. The van der Waals surface area contributed by atoms with Crippen LogP contribution in [0.1, 0.15) is 47.2 Å². The normalized spacial score (nSPS) is 11.4. The summed E-state index contributed by atoms with van der Waals surface area (Å²) in [6.45, 7) is 4.35. The number of carbonyl (C=O) groups is 2. The van der Waals surface area contributed by atoms with Gasteiger partial charge in [-0.2, -0.15) is 4.68 Å². The Morgan fingerprint density at radius 2 is 2.00 bits per heavy atom. The Balaban J connectivity index is 2.10. The van der Waals surface area contributed by atoms with Crippen LogP contribution in [-0.2, 0) is 11.4 Å². The number of ketones is 1. The fourth-order valence-corrected chi connectivity index (χ4v) is 3.45. The van der Waals surface area contributed by atoms with Gasteiger partial charge < -0.3 is 9.57 Å². The minimum Gasteiger partial charge on any atom is -0.496 e. The van der Waals surface area contributed by atoms with E-state index < -0.39 is 35.3 Å². The molecule has 0 unspecified atom stereocenters. The molecule has 0 atom stereocenters. The molecule has 2 aromatic heterocycles. The number of thiazole rings is 1. The molecule has 11 nitrogen and oxygen atoms in total. The van der Waals surface area contributed by atoms with Crippen molar-refractivity contribution in [3.05, 3.63) is 78.8 Å².